The summed E-state index contributed by atoms with van der Waals surface area (Å²) in [5.41, 5.74) is 0.798. The Morgan fingerprint density at radius 3 is 2.25 bits per heavy atom. The molecule has 2 rings (SSSR count). The molecule has 222 valence electrons. The fourth-order valence-electron chi connectivity index (χ4n) is 4.54. The standard InChI is InChI=1S/C29H45N5O6/c1-19(2)17-24-28(38)32-25(18-22-10-12-23(40-6)13-11-22)29(39)33(5)20(3)27(37)30-14-8-16-34(21(4)35)15-7-9-26(36)31-24/h10-13,19-20,24-25H,7-9,14-18H2,1-6H3,(H,30,37)(H,31,36)(H,32,38)/t20-,24+,25-/m0/s1. The molecule has 0 bridgehead atoms. The molecule has 0 unspecified atom stereocenters. The maximum atomic E-state index is 13.7. The summed E-state index contributed by atoms with van der Waals surface area (Å²) >= 11 is 0. The molecule has 1 fully saturated rings. The van der Waals surface area contributed by atoms with Crippen molar-refractivity contribution < 1.29 is 28.7 Å². The van der Waals surface area contributed by atoms with Crippen molar-refractivity contribution in [3.63, 3.8) is 0 Å². The monoisotopic (exact) mass is 559 g/mol. The largest absolute Gasteiger partial charge is 0.497 e. The Morgan fingerprint density at radius 2 is 1.65 bits per heavy atom. The maximum absolute atomic E-state index is 13.7. The number of hydrogen-bond acceptors (Lipinski definition) is 6. The van der Waals surface area contributed by atoms with Gasteiger partial charge < -0.3 is 30.5 Å². The van der Waals surface area contributed by atoms with Gasteiger partial charge in [-0.3, -0.25) is 24.0 Å². The second-order valence-corrected chi connectivity index (χ2v) is 10.7. The first-order valence-electron chi connectivity index (χ1n) is 14.0. The zero-order valence-corrected chi connectivity index (χ0v) is 24.6. The van der Waals surface area contributed by atoms with Crippen molar-refractivity contribution in [2.45, 2.75) is 77.9 Å². The Balaban J connectivity index is 2.35. The number of ether oxygens (including phenoxy) is 1. The minimum absolute atomic E-state index is 0.101. The van der Waals surface area contributed by atoms with Crippen LogP contribution in [0.5, 0.6) is 5.75 Å². The molecular weight excluding hydrogens is 514 g/mol. The van der Waals surface area contributed by atoms with Crippen LogP contribution >= 0.6 is 0 Å². The van der Waals surface area contributed by atoms with Gasteiger partial charge in [0.25, 0.3) is 0 Å². The number of methoxy groups -OCH3 is 1. The van der Waals surface area contributed by atoms with E-state index in [1.165, 1.54) is 18.9 Å². The van der Waals surface area contributed by atoms with Crippen LogP contribution in [0, 0.1) is 5.92 Å². The van der Waals surface area contributed by atoms with Crippen molar-refractivity contribution in [1.82, 2.24) is 25.8 Å². The Bertz CT molecular complexity index is 1030. The predicted molar refractivity (Wildman–Crippen MR) is 151 cm³/mol. The van der Waals surface area contributed by atoms with Crippen LogP contribution in [0.25, 0.3) is 0 Å². The molecule has 0 aliphatic carbocycles. The van der Waals surface area contributed by atoms with E-state index in [2.05, 4.69) is 16.0 Å². The van der Waals surface area contributed by atoms with Gasteiger partial charge in [-0.2, -0.15) is 0 Å². The van der Waals surface area contributed by atoms with Crippen LogP contribution in [0.1, 0.15) is 58.9 Å². The number of rotatable bonds is 5. The first-order valence-corrected chi connectivity index (χ1v) is 14.0. The zero-order chi connectivity index (χ0) is 29.8. The molecule has 1 aliphatic heterocycles. The molecule has 3 atom stereocenters. The highest BCUT2D eigenvalue weighted by Crippen LogP contribution is 2.15. The van der Waals surface area contributed by atoms with Crippen molar-refractivity contribution in [3.8, 4) is 5.75 Å². The molecule has 0 spiro atoms. The summed E-state index contributed by atoms with van der Waals surface area (Å²) < 4.78 is 5.22. The first-order chi connectivity index (χ1) is 18.9. The molecule has 1 aromatic carbocycles. The number of benzene rings is 1. The normalized spacial score (nSPS) is 22.6. The van der Waals surface area contributed by atoms with Gasteiger partial charge in [-0.05, 0) is 49.8 Å². The lowest BCUT2D eigenvalue weighted by atomic mass is 10.00. The van der Waals surface area contributed by atoms with Crippen LogP contribution in [0.4, 0.5) is 0 Å². The Hall–Kier alpha value is -3.63. The van der Waals surface area contributed by atoms with Crippen molar-refractivity contribution in [2.75, 3.05) is 33.8 Å². The lowest BCUT2D eigenvalue weighted by molar-refractivity contribution is -0.141. The van der Waals surface area contributed by atoms with Crippen molar-refractivity contribution >= 4 is 29.5 Å². The van der Waals surface area contributed by atoms with Gasteiger partial charge in [0.1, 0.15) is 23.9 Å². The lowest BCUT2D eigenvalue weighted by Crippen LogP contribution is -2.57. The SMILES string of the molecule is COc1ccc(C[C@@H]2NC(=O)[C@@H](CC(C)C)NC(=O)CCCN(C(C)=O)CCCNC(=O)[C@H](C)N(C)C2=O)cc1. The van der Waals surface area contributed by atoms with Crippen LogP contribution in [0.15, 0.2) is 24.3 Å². The molecule has 0 saturated carbocycles. The van der Waals surface area contributed by atoms with Crippen molar-refractivity contribution in [1.29, 1.82) is 0 Å². The number of carbonyl (C=O) groups is 5. The molecule has 0 radical (unpaired) electrons. The Morgan fingerprint density at radius 1 is 1.00 bits per heavy atom. The fourth-order valence-corrected chi connectivity index (χ4v) is 4.54. The summed E-state index contributed by atoms with van der Waals surface area (Å²) in [5.74, 6) is -0.857. The van der Waals surface area contributed by atoms with Gasteiger partial charge in [-0.25, -0.2) is 0 Å². The number of nitrogens with zero attached hydrogens (tertiary/aromatic N) is 2. The van der Waals surface area contributed by atoms with E-state index in [1.807, 2.05) is 26.0 Å². The Kier molecular flexibility index (Phi) is 12.9. The molecule has 3 N–H and O–H groups in total. The number of carbonyl (C=O) groups excluding carboxylic acids is 5. The maximum Gasteiger partial charge on any atom is 0.245 e. The second kappa shape index (κ2) is 15.8. The lowest BCUT2D eigenvalue weighted by Gasteiger charge is -2.30. The minimum atomic E-state index is -0.962. The molecule has 40 heavy (non-hydrogen) atoms. The first kappa shape index (κ1) is 32.6. The third-order valence-corrected chi connectivity index (χ3v) is 7.06. The van der Waals surface area contributed by atoms with E-state index in [4.69, 9.17) is 4.74 Å². The van der Waals surface area contributed by atoms with E-state index in [9.17, 15) is 24.0 Å². The van der Waals surface area contributed by atoms with E-state index < -0.39 is 29.9 Å². The molecule has 5 amide bonds. The zero-order valence-electron chi connectivity index (χ0n) is 24.6. The summed E-state index contributed by atoms with van der Waals surface area (Å²) in [5, 5.41) is 8.51. The van der Waals surface area contributed by atoms with Crippen molar-refractivity contribution in [3.05, 3.63) is 29.8 Å². The fraction of sp³-hybridized carbons (Fsp3) is 0.621. The van der Waals surface area contributed by atoms with Gasteiger partial charge in [0, 0.05) is 46.4 Å². The molecule has 1 saturated heterocycles. The van der Waals surface area contributed by atoms with Gasteiger partial charge in [-0.15, -0.1) is 0 Å². The van der Waals surface area contributed by atoms with Crippen LogP contribution < -0.4 is 20.7 Å². The third-order valence-electron chi connectivity index (χ3n) is 7.06. The second-order valence-electron chi connectivity index (χ2n) is 10.7. The molecule has 1 heterocycles. The topological polar surface area (TPSA) is 137 Å². The van der Waals surface area contributed by atoms with Gasteiger partial charge in [0.15, 0.2) is 0 Å². The van der Waals surface area contributed by atoms with Crippen LogP contribution in [-0.2, 0) is 30.4 Å². The summed E-state index contributed by atoms with van der Waals surface area (Å²) in [6.07, 6.45) is 1.70. The molecule has 1 aliphatic rings. The smallest absolute Gasteiger partial charge is 0.245 e. The van der Waals surface area contributed by atoms with Crippen LogP contribution in [0.2, 0.25) is 0 Å². The molecule has 11 nitrogen and oxygen atoms in total. The van der Waals surface area contributed by atoms with E-state index in [-0.39, 0.29) is 36.5 Å². The average Bonchev–Trinajstić information content (AvgIpc) is 2.91. The van der Waals surface area contributed by atoms with Crippen LogP contribution in [0.3, 0.4) is 0 Å². The molecule has 1 aromatic rings. The highest BCUT2D eigenvalue weighted by molar-refractivity contribution is 5.94. The summed E-state index contributed by atoms with van der Waals surface area (Å²) in [6, 6.07) is 4.59. The number of nitrogens with one attached hydrogen (secondary N) is 3. The van der Waals surface area contributed by atoms with E-state index in [1.54, 1.807) is 31.1 Å². The van der Waals surface area contributed by atoms with E-state index in [0.29, 0.717) is 44.6 Å². The van der Waals surface area contributed by atoms with Gasteiger partial charge in [0.05, 0.1) is 7.11 Å². The summed E-state index contributed by atoms with van der Waals surface area (Å²) in [4.78, 5) is 67.8. The molecule has 0 aromatic heterocycles. The highest BCUT2D eigenvalue weighted by Gasteiger charge is 2.32. The average molecular weight is 560 g/mol. The quantitative estimate of drug-likeness (QED) is 0.497. The predicted octanol–water partition coefficient (Wildman–Crippen LogP) is 1.25. The number of amides is 5. The number of likely N-dealkylation sites (N-methyl/N-ethyl adjacent to an activating group) is 1. The summed E-state index contributed by atoms with van der Waals surface area (Å²) in [6.45, 7) is 8.16. The number of hydrogen-bond donors (Lipinski definition) is 3. The van der Waals surface area contributed by atoms with Crippen LogP contribution in [-0.4, -0.2) is 91.3 Å². The van der Waals surface area contributed by atoms with E-state index >= 15 is 0 Å². The minimum Gasteiger partial charge on any atom is -0.497 e. The van der Waals surface area contributed by atoms with Crippen molar-refractivity contribution in [2.24, 2.45) is 5.92 Å². The molecule has 11 heteroatoms. The van der Waals surface area contributed by atoms with Gasteiger partial charge in [-0.1, -0.05) is 26.0 Å². The van der Waals surface area contributed by atoms with E-state index in [0.717, 1.165) is 5.56 Å². The van der Waals surface area contributed by atoms with Gasteiger partial charge >= 0.3 is 0 Å². The molecular formula is C29H45N5O6. The summed E-state index contributed by atoms with van der Waals surface area (Å²) in [7, 11) is 3.09. The highest BCUT2D eigenvalue weighted by atomic mass is 16.5. The van der Waals surface area contributed by atoms with Gasteiger partial charge in [0.2, 0.25) is 29.5 Å². The third kappa shape index (κ3) is 10.2. The Labute approximate surface area is 237 Å².